The molecule has 3 saturated carbocycles. The van der Waals surface area contributed by atoms with Gasteiger partial charge in [0, 0.05) is 31.3 Å². The SMILES string of the molecule is CN(C)C(=O)[C@H]1CCC2C3CCC4=CC(=O)C=C[C@]4(C)C3[C@@H](O)C[C@@]21C. The van der Waals surface area contributed by atoms with E-state index in [9.17, 15) is 14.7 Å². The summed E-state index contributed by atoms with van der Waals surface area (Å²) in [4.78, 5) is 26.4. The van der Waals surface area contributed by atoms with Gasteiger partial charge in [0.05, 0.1) is 6.10 Å². The standard InChI is InChI=1S/C22H31NO3/c1-21-10-9-14(24)11-13(21)5-6-15-16-7-8-17(20(26)23(3)4)22(16,2)12-18(25)19(15)21/h9-11,15-19,25H,5-8,12H2,1-4H3/t15?,16?,17-,18+,19?,21+,22+/m1/s1. The van der Waals surface area contributed by atoms with Gasteiger partial charge in [0.15, 0.2) is 5.78 Å². The minimum atomic E-state index is -0.427. The van der Waals surface area contributed by atoms with Crippen LogP contribution in [-0.4, -0.2) is 41.9 Å². The highest BCUT2D eigenvalue weighted by molar-refractivity contribution is 6.01. The first-order valence-corrected chi connectivity index (χ1v) is 10.0. The van der Waals surface area contributed by atoms with Crippen molar-refractivity contribution in [3.05, 3.63) is 23.8 Å². The first kappa shape index (κ1) is 18.0. The number of carbonyl (C=O) groups excluding carboxylic acids is 2. The van der Waals surface area contributed by atoms with E-state index in [1.165, 1.54) is 5.57 Å². The van der Waals surface area contributed by atoms with Crippen LogP contribution in [0.15, 0.2) is 23.8 Å². The number of fused-ring (bicyclic) bond motifs is 5. The first-order chi connectivity index (χ1) is 12.2. The van der Waals surface area contributed by atoms with Crippen LogP contribution in [0.3, 0.4) is 0 Å². The predicted octanol–water partition coefficient (Wildman–Crippen LogP) is 2.97. The average Bonchev–Trinajstić information content (AvgIpc) is 2.90. The van der Waals surface area contributed by atoms with Crippen LogP contribution in [-0.2, 0) is 9.59 Å². The zero-order valence-electron chi connectivity index (χ0n) is 16.4. The molecule has 0 aromatic rings. The fraction of sp³-hybridized carbons (Fsp3) is 0.727. The number of ketones is 1. The van der Waals surface area contributed by atoms with E-state index >= 15 is 0 Å². The molecule has 3 fully saturated rings. The van der Waals surface area contributed by atoms with Crippen LogP contribution in [0, 0.1) is 34.5 Å². The third-order valence-electron chi connectivity index (χ3n) is 8.23. The van der Waals surface area contributed by atoms with Gasteiger partial charge in [-0.2, -0.15) is 0 Å². The fourth-order valence-electron chi connectivity index (χ4n) is 7.04. The van der Waals surface area contributed by atoms with E-state index in [-0.39, 0.29) is 34.4 Å². The van der Waals surface area contributed by atoms with Crippen molar-refractivity contribution in [2.24, 2.45) is 34.5 Å². The van der Waals surface area contributed by atoms with Crippen molar-refractivity contribution in [2.75, 3.05) is 14.1 Å². The summed E-state index contributed by atoms with van der Waals surface area (Å²) in [7, 11) is 3.67. The summed E-state index contributed by atoms with van der Waals surface area (Å²) in [5.41, 5.74) is 0.849. The van der Waals surface area contributed by atoms with Crippen molar-refractivity contribution in [1.82, 2.24) is 4.90 Å². The van der Waals surface area contributed by atoms with Gasteiger partial charge in [-0.3, -0.25) is 9.59 Å². The summed E-state index contributed by atoms with van der Waals surface area (Å²) in [6.07, 6.45) is 9.74. The Kier molecular flexibility index (Phi) is 4.00. The molecule has 0 aromatic carbocycles. The molecule has 0 saturated heterocycles. The summed E-state index contributed by atoms with van der Waals surface area (Å²) in [6.45, 7) is 4.44. The molecule has 3 unspecified atom stereocenters. The van der Waals surface area contributed by atoms with Crippen molar-refractivity contribution in [1.29, 1.82) is 0 Å². The van der Waals surface area contributed by atoms with Crippen LogP contribution in [0.2, 0.25) is 0 Å². The largest absolute Gasteiger partial charge is 0.393 e. The van der Waals surface area contributed by atoms with Crippen molar-refractivity contribution in [2.45, 2.75) is 52.1 Å². The highest BCUT2D eigenvalue weighted by atomic mass is 16.3. The second-order valence-electron chi connectivity index (χ2n) is 9.66. The summed E-state index contributed by atoms with van der Waals surface area (Å²) < 4.78 is 0. The van der Waals surface area contributed by atoms with Gasteiger partial charge in [-0.25, -0.2) is 0 Å². The smallest absolute Gasteiger partial charge is 0.225 e. The number of aliphatic hydroxyl groups excluding tert-OH is 1. The van der Waals surface area contributed by atoms with E-state index in [2.05, 4.69) is 13.8 Å². The van der Waals surface area contributed by atoms with Crippen LogP contribution in [0.5, 0.6) is 0 Å². The molecule has 4 rings (SSSR count). The minimum absolute atomic E-state index is 0.0197. The molecule has 4 aliphatic rings. The Hall–Kier alpha value is -1.42. The van der Waals surface area contributed by atoms with Crippen molar-refractivity contribution in [3.63, 3.8) is 0 Å². The molecule has 7 atom stereocenters. The molecule has 142 valence electrons. The van der Waals surface area contributed by atoms with E-state index in [4.69, 9.17) is 0 Å². The first-order valence-electron chi connectivity index (χ1n) is 10.0. The number of allylic oxidation sites excluding steroid dienone is 4. The van der Waals surface area contributed by atoms with E-state index in [1.54, 1.807) is 17.1 Å². The van der Waals surface area contributed by atoms with Gasteiger partial charge in [-0.1, -0.05) is 25.5 Å². The van der Waals surface area contributed by atoms with Crippen LogP contribution in [0.1, 0.15) is 46.0 Å². The van der Waals surface area contributed by atoms with Gasteiger partial charge in [0.25, 0.3) is 0 Å². The van der Waals surface area contributed by atoms with E-state index in [0.29, 0.717) is 18.3 Å². The number of hydrogen-bond acceptors (Lipinski definition) is 3. The summed E-state index contributed by atoms with van der Waals surface area (Å²) in [6, 6.07) is 0. The van der Waals surface area contributed by atoms with Crippen LogP contribution in [0.25, 0.3) is 0 Å². The maximum absolute atomic E-state index is 12.8. The summed E-state index contributed by atoms with van der Waals surface area (Å²) >= 11 is 0. The Labute approximate surface area is 156 Å². The molecule has 1 N–H and O–H groups in total. The highest BCUT2D eigenvalue weighted by Crippen LogP contribution is 2.66. The van der Waals surface area contributed by atoms with Gasteiger partial charge in [-0.15, -0.1) is 0 Å². The molecule has 4 nitrogen and oxygen atoms in total. The quantitative estimate of drug-likeness (QED) is 0.785. The molecular weight excluding hydrogens is 326 g/mol. The molecule has 0 aromatic heterocycles. The molecule has 4 heteroatoms. The third kappa shape index (κ3) is 2.30. The van der Waals surface area contributed by atoms with Gasteiger partial charge >= 0.3 is 0 Å². The highest BCUT2D eigenvalue weighted by Gasteiger charge is 2.62. The lowest BCUT2D eigenvalue weighted by Crippen LogP contribution is -2.56. The third-order valence-corrected chi connectivity index (χ3v) is 8.23. The number of nitrogens with zero attached hydrogens (tertiary/aromatic N) is 1. The zero-order valence-corrected chi connectivity index (χ0v) is 16.4. The van der Waals surface area contributed by atoms with Crippen LogP contribution in [0.4, 0.5) is 0 Å². The molecule has 0 spiro atoms. The van der Waals surface area contributed by atoms with Crippen LogP contribution < -0.4 is 0 Å². The second kappa shape index (κ2) is 5.79. The van der Waals surface area contributed by atoms with Gasteiger partial charge in [-0.05, 0) is 61.5 Å². The maximum atomic E-state index is 12.8. The Morgan fingerprint density at radius 2 is 1.96 bits per heavy atom. The number of aliphatic hydroxyl groups is 1. The lowest BCUT2D eigenvalue weighted by molar-refractivity contribution is -0.147. The number of hydrogen-bond donors (Lipinski definition) is 1. The lowest BCUT2D eigenvalue weighted by Gasteiger charge is -2.58. The molecule has 4 aliphatic carbocycles. The molecule has 0 heterocycles. The number of amides is 1. The van der Waals surface area contributed by atoms with Gasteiger partial charge in [0.1, 0.15) is 0 Å². The zero-order chi connectivity index (χ0) is 18.9. The monoisotopic (exact) mass is 357 g/mol. The van der Waals surface area contributed by atoms with Gasteiger partial charge in [0.2, 0.25) is 5.91 Å². The topological polar surface area (TPSA) is 57.6 Å². The molecular formula is C22H31NO3. The van der Waals surface area contributed by atoms with E-state index < -0.39 is 6.10 Å². The molecule has 26 heavy (non-hydrogen) atoms. The minimum Gasteiger partial charge on any atom is -0.393 e. The van der Waals surface area contributed by atoms with Crippen molar-refractivity contribution < 1.29 is 14.7 Å². The van der Waals surface area contributed by atoms with Gasteiger partial charge < -0.3 is 10.0 Å². The molecule has 0 aliphatic heterocycles. The van der Waals surface area contributed by atoms with Crippen molar-refractivity contribution in [3.8, 4) is 0 Å². The fourth-order valence-corrected chi connectivity index (χ4v) is 7.04. The summed E-state index contributed by atoms with van der Waals surface area (Å²) in [5.74, 6) is 1.36. The molecule has 1 amide bonds. The molecule has 0 radical (unpaired) electrons. The Balaban J connectivity index is 1.70. The number of rotatable bonds is 1. The maximum Gasteiger partial charge on any atom is 0.225 e. The Morgan fingerprint density at radius 3 is 2.65 bits per heavy atom. The Bertz CT molecular complexity index is 708. The average molecular weight is 357 g/mol. The predicted molar refractivity (Wildman–Crippen MR) is 100 cm³/mol. The van der Waals surface area contributed by atoms with Crippen molar-refractivity contribution >= 4 is 11.7 Å². The van der Waals surface area contributed by atoms with E-state index in [1.807, 2.05) is 20.2 Å². The number of carbonyl (C=O) groups is 2. The van der Waals surface area contributed by atoms with E-state index in [0.717, 1.165) is 25.7 Å². The summed E-state index contributed by atoms with van der Waals surface area (Å²) in [5, 5.41) is 11.3. The van der Waals surface area contributed by atoms with Crippen LogP contribution >= 0.6 is 0 Å². The molecule has 0 bridgehead atoms. The Morgan fingerprint density at radius 1 is 1.23 bits per heavy atom. The normalized spacial score (nSPS) is 46.9. The lowest BCUT2D eigenvalue weighted by atomic mass is 9.47. The second-order valence-corrected chi connectivity index (χ2v) is 9.66.